The van der Waals surface area contributed by atoms with E-state index in [-0.39, 0.29) is 0 Å². The minimum atomic E-state index is -0.677. The van der Waals surface area contributed by atoms with Crippen molar-refractivity contribution in [2.24, 2.45) is 0 Å². The van der Waals surface area contributed by atoms with Crippen molar-refractivity contribution in [2.45, 2.75) is 51.8 Å². The number of aryl methyl sites for hydroxylation is 2. The molecular formula is C18H25BrO4. The van der Waals surface area contributed by atoms with Crippen LogP contribution < -0.4 is 0 Å². The smallest absolute Gasteiger partial charge is 0.338 e. The number of hydrogen-bond acceptors (Lipinski definition) is 4. The molecule has 1 rings (SSSR count). The summed E-state index contributed by atoms with van der Waals surface area (Å²) >= 11 is 3.37. The van der Waals surface area contributed by atoms with E-state index in [4.69, 9.17) is 9.47 Å². The molecule has 1 aromatic rings. The van der Waals surface area contributed by atoms with Crippen LogP contribution in [0.5, 0.6) is 0 Å². The van der Waals surface area contributed by atoms with Crippen LogP contribution in [0.15, 0.2) is 12.1 Å². The third-order valence-electron chi connectivity index (χ3n) is 3.53. The number of carbonyl (C=O) groups excluding carboxylic acids is 2. The zero-order valence-corrected chi connectivity index (χ0v) is 15.9. The van der Waals surface area contributed by atoms with Gasteiger partial charge >= 0.3 is 11.9 Å². The lowest BCUT2D eigenvalue weighted by Crippen LogP contribution is -2.17. The van der Waals surface area contributed by atoms with Crippen molar-refractivity contribution in [1.29, 1.82) is 0 Å². The summed E-state index contributed by atoms with van der Waals surface area (Å²) in [7, 11) is 0. The number of carbonyl (C=O) groups is 2. The van der Waals surface area contributed by atoms with Crippen LogP contribution in [0.1, 0.15) is 66.0 Å². The van der Waals surface area contributed by atoms with Gasteiger partial charge < -0.3 is 9.47 Å². The molecule has 1 unspecified atom stereocenters. The fourth-order valence-electron chi connectivity index (χ4n) is 2.48. The minimum Gasteiger partial charge on any atom is -0.465 e. The number of halogens is 1. The van der Waals surface area contributed by atoms with E-state index >= 15 is 0 Å². The number of ether oxygens (including phenoxy) is 2. The van der Waals surface area contributed by atoms with Gasteiger partial charge in [0.2, 0.25) is 0 Å². The SMILES string of the molecule is CCCc1cc(C(Br)C(=O)OCC)c(C(=O)OCC)cc1CC. The molecule has 0 amide bonds. The second-order valence-electron chi connectivity index (χ2n) is 5.15. The summed E-state index contributed by atoms with van der Waals surface area (Å²) < 4.78 is 10.2. The maximum absolute atomic E-state index is 12.3. The third-order valence-corrected chi connectivity index (χ3v) is 4.40. The third kappa shape index (κ3) is 5.06. The van der Waals surface area contributed by atoms with Gasteiger partial charge in [0.1, 0.15) is 4.83 Å². The van der Waals surface area contributed by atoms with Crippen molar-refractivity contribution in [1.82, 2.24) is 0 Å². The van der Waals surface area contributed by atoms with E-state index in [1.807, 2.05) is 12.1 Å². The molecule has 0 spiro atoms. The molecule has 0 saturated carbocycles. The van der Waals surface area contributed by atoms with Crippen LogP contribution >= 0.6 is 15.9 Å². The fourth-order valence-corrected chi connectivity index (χ4v) is 2.99. The first-order valence-electron chi connectivity index (χ1n) is 8.13. The summed E-state index contributed by atoms with van der Waals surface area (Å²) in [6.45, 7) is 8.27. The van der Waals surface area contributed by atoms with E-state index in [2.05, 4.69) is 29.8 Å². The Bertz CT molecular complexity index is 554. The molecule has 23 heavy (non-hydrogen) atoms. The lowest BCUT2D eigenvalue weighted by atomic mass is 9.93. The molecule has 1 aromatic carbocycles. The quantitative estimate of drug-likeness (QED) is 0.492. The van der Waals surface area contributed by atoms with Crippen molar-refractivity contribution >= 4 is 27.9 Å². The zero-order valence-electron chi connectivity index (χ0n) is 14.3. The Kier molecular flexibility index (Phi) is 8.31. The summed E-state index contributed by atoms with van der Waals surface area (Å²) in [4.78, 5) is 23.7. The largest absolute Gasteiger partial charge is 0.465 e. The van der Waals surface area contributed by atoms with Crippen LogP contribution in [-0.2, 0) is 27.1 Å². The van der Waals surface area contributed by atoms with Crippen molar-refractivity contribution in [3.63, 3.8) is 0 Å². The lowest BCUT2D eigenvalue weighted by molar-refractivity contribution is -0.142. The molecule has 0 aromatic heterocycles. The Hall–Kier alpha value is -1.36. The highest BCUT2D eigenvalue weighted by atomic mass is 79.9. The molecule has 5 heteroatoms. The fraction of sp³-hybridized carbons (Fsp3) is 0.556. The Labute approximate surface area is 146 Å². The molecule has 0 N–H and O–H groups in total. The second-order valence-corrected chi connectivity index (χ2v) is 6.06. The van der Waals surface area contributed by atoms with Gasteiger partial charge in [-0.05, 0) is 49.4 Å². The Morgan fingerprint density at radius 1 is 1.04 bits per heavy atom. The molecule has 0 radical (unpaired) electrons. The van der Waals surface area contributed by atoms with Crippen molar-refractivity contribution in [3.8, 4) is 0 Å². The standard InChI is InChI=1S/C18H25BrO4/c1-5-9-13-11-14(16(19)18(21)23-8-4)15(10-12(13)6-2)17(20)22-7-3/h10-11,16H,5-9H2,1-4H3. The molecule has 0 bridgehead atoms. The minimum absolute atomic E-state index is 0.294. The van der Waals surface area contributed by atoms with Crippen molar-refractivity contribution < 1.29 is 19.1 Å². The van der Waals surface area contributed by atoms with E-state index in [1.54, 1.807) is 13.8 Å². The van der Waals surface area contributed by atoms with Gasteiger partial charge in [-0.3, -0.25) is 4.79 Å². The normalized spacial score (nSPS) is 11.9. The number of rotatable bonds is 8. The van der Waals surface area contributed by atoms with E-state index in [1.165, 1.54) is 0 Å². The predicted molar refractivity (Wildman–Crippen MR) is 94.1 cm³/mol. The molecule has 0 fully saturated rings. The second kappa shape index (κ2) is 9.71. The van der Waals surface area contributed by atoms with Gasteiger partial charge in [-0.25, -0.2) is 4.79 Å². The van der Waals surface area contributed by atoms with Gasteiger partial charge in [-0.2, -0.15) is 0 Å². The van der Waals surface area contributed by atoms with Crippen LogP contribution in [0, 0.1) is 0 Å². The van der Waals surface area contributed by atoms with Gasteiger partial charge in [0.15, 0.2) is 0 Å². The van der Waals surface area contributed by atoms with Crippen molar-refractivity contribution in [3.05, 3.63) is 34.4 Å². The average molecular weight is 385 g/mol. The maximum Gasteiger partial charge on any atom is 0.338 e. The zero-order chi connectivity index (χ0) is 17.4. The number of alkyl halides is 1. The van der Waals surface area contributed by atoms with E-state index in [9.17, 15) is 9.59 Å². The van der Waals surface area contributed by atoms with Gasteiger partial charge in [0, 0.05) is 0 Å². The highest BCUT2D eigenvalue weighted by Crippen LogP contribution is 2.31. The molecule has 0 heterocycles. The summed E-state index contributed by atoms with van der Waals surface area (Å²) in [6.07, 6.45) is 2.73. The molecule has 0 saturated heterocycles. The molecule has 1 atom stereocenters. The van der Waals surface area contributed by atoms with E-state index in [0.717, 1.165) is 30.4 Å². The van der Waals surface area contributed by atoms with E-state index in [0.29, 0.717) is 24.3 Å². The maximum atomic E-state index is 12.3. The van der Waals surface area contributed by atoms with Crippen LogP contribution in [0.4, 0.5) is 0 Å². The summed E-state index contributed by atoms with van der Waals surface area (Å²) in [6, 6.07) is 3.79. The van der Waals surface area contributed by atoms with Crippen LogP contribution in [0.3, 0.4) is 0 Å². The van der Waals surface area contributed by atoms with Crippen LogP contribution in [-0.4, -0.2) is 25.2 Å². The van der Waals surface area contributed by atoms with Gasteiger partial charge in [-0.15, -0.1) is 0 Å². The topological polar surface area (TPSA) is 52.6 Å². The van der Waals surface area contributed by atoms with Gasteiger partial charge in [0.05, 0.1) is 18.8 Å². The number of esters is 2. The summed E-state index contributed by atoms with van der Waals surface area (Å²) in [5.41, 5.74) is 3.31. The van der Waals surface area contributed by atoms with Gasteiger partial charge in [-0.1, -0.05) is 42.3 Å². The highest BCUT2D eigenvalue weighted by molar-refractivity contribution is 9.09. The number of hydrogen-bond donors (Lipinski definition) is 0. The summed E-state index contributed by atoms with van der Waals surface area (Å²) in [5.74, 6) is -0.807. The Morgan fingerprint density at radius 2 is 1.70 bits per heavy atom. The summed E-state index contributed by atoms with van der Waals surface area (Å²) in [5, 5.41) is 0. The molecule has 0 aliphatic heterocycles. The lowest BCUT2D eigenvalue weighted by Gasteiger charge is -2.18. The first kappa shape index (κ1) is 19.7. The van der Waals surface area contributed by atoms with Crippen LogP contribution in [0.2, 0.25) is 0 Å². The predicted octanol–water partition coefficient (Wildman–Crippen LogP) is 4.38. The molecule has 0 aliphatic carbocycles. The molecule has 4 nitrogen and oxygen atoms in total. The van der Waals surface area contributed by atoms with Crippen LogP contribution in [0.25, 0.3) is 0 Å². The highest BCUT2D eigenvalue weighted by Gasteiger charge is 2.26. The Balaban J connectivity index is 3.39. The molecule has 0 aliphatic rings. The van der Waals surface area contributed by atoms with Crippen molar-refractivity contribution in [2.75, 3.05) is 13.2 Å². The van der Waals surface area contributed by atoms with E-state index < -0.39 is 16.8 Å². The Morgan fingerprint density at radius 3 is 2.22 bits per heavy atom. The first-order valence-corrected chi connectivity index (χ1v) is 9.05. The molecule has 128 valence electrons. The molecular weight excluding hydrogens is 360 g/mol. The monoisotopic (exact) mass is 384 g/mol. The van der Waals surface area contributed by atoms with Gasteiger partial charge in [0.25, 0.3) is 0 Å². The number of benzene rings is 1. The first-order chi connectivity index (χ1) is 11.0. The average Bonchev–Trinajstić information content (AvgIpc) is 2.54.